The zero-order valence-electron chi connectivity index (χ0n) is 9.82. The topological polar surface area (TPSA) is 75.3 Å². The first kappa shape index (κ1) is 14.3. The molecule has 5 nitrogen and oxygen atoms in total. The Morgan fingerprint density at radius 2 is 2.16 bits per heavy atom. The van der Waals surface area contributed by atoms with E-state index in [1.165, 1.54) is 18.2 Å². The molecule has 0 aliphatic carbocycles. The van der Waals surface area contributed by atoms with E-state index in [1.54, 1.807) is 0 Å². The van der Waals surface area contributed by atoms with E-state index in [9.17, 15) is 17.6 Å². The molecular formula is C11H12BrFN2O3S. The van der Waals surface area contributed by atoms with Crippen LogP contribution in [0.2, 0.25) is 0 Å². The number of nitrogens with one attached hydrogen (secondary N) is 2. The lowest BCUT2D eigenvalue weighted by Gasteiger charge is -2.13. The van der Waals surface area contributed by atoms with Gasteiger partial charge in [-0.2, -0.15) is 0 Å². The minimum Gasteiger partial charge on any atom is -0.334 e. The molecule has 1 fully saturated rings. The van der Waals surface area contributed by atoms with Gasteiger partial charge in [-0.15, -0.1) is 0 Å². The Hall–Kier alpha value is -1.15. The molecule has 0 bridgehead atoms. The second-order valence-electron chi connectivity index (χ2n) is 4.32. The molecule has 2 amide bonds. The van der Waals surface area contributed by atoms with Crippen molar-refractivity contribution < 1.29 is 17.6 Å². The molecule has 2 rings (SSSR count). The van der Waals surface area contributed by atoms with Crippen molar-refractivity contribution >= 4 is 37.5 Å². The van der Waals surface area contributed by atoms with Crippen LogP contribution in [0.5, 0.6) is 0 Å². The summed E-state index contributed by atoms with van der Waals surface area (Å²) in [6.45, 7) is 0. The van der Waals surface area contributed by atoms with Crippen LogP contribution in [-0.4, -0.2) is 32.0 Å². The van der Waals surface area contributed by atoms with E-state index in [2.05, 4.69) is 26.6 Å². The molecule has 1 saturated heterocycles. The zero-order valence-corrected chi connectivity index (χ0v) is 12.2. The third-order valence-electron chi connectivity index (χ3n) is 2.75. The van der Waals surface area contributed by atoms with E-state index >= 15 is 0 Å². The summed E-state index contributed by atoms with van der Waals surface area (Å²) < 4.78 is 35.8. The molecule has 1 aliphatic heterocycles. The van der Waals surface area contributed by atoms with Gasteiger partial charge >= 0.3 is 6.03 Å². The van der Waals surface area contributed by atoms with Crippen molar-refractivity contribution in [3.8, 4) is 0 Å². The number of carbonyl (C=O) groups is 1. The summed E-state index contributed by atoms with van der Waals surface area (Å²) in [5, 5.41) is 5.11. The van der Waals surface area contributed by atoms with Crippen LogP contribution in [0.15, 0.2) is 22.7 Å². The highest BCUT2D eigenvalue weighted by Crippen LogP contribution is 2.23. The predicted octanol–water partition coefficient (Wildman–Crippen LogP) is 1.90. The van der Waals surface area contributed by atoms with Crippen LogP contribution in [0.4, 0.5) is 14.9 Å². The van der Waals surface area contributed by atoms with Crippen LogP contribution in [0.3, 0.4) is 0 Å². The van der Waals surface area contributed by atoms with Crippen molar-refractivity contribution in [2.75, 3.05) is 16.8 Å². The largest absolute Gasteiger partial charge is 0.334 e. The molecule has 1 atom stereocenters. The summed E-state index contributed by atoms with van der Waals surface area (Å²) >= 11 is 3.13. The number of sulfone groups is 1. The van der Waals surface area contributed by atoms with Crippen LogP contribution in [0.25, 0.3) is 0 Å². The van der Waals surface area contributed by atoms with Crippen molar-refractivity contribution in [1.29, 1.82) is 0 Å². The Balaban J connectivity index is 1.95. The third kappa shape index (κ3) is 3.90. The Labute approximate surface area is 118 Å². The van der Waals surface area contributed by atoms with E-state index in [-0.39, 0.29) is 17.5 Å². The van der Waals surface area contributed by atoms with Gasteiger partial charge in [-0.05, 0) is 40.5 Å². The first-order valence-corrected chi connectivity index (χ1v) is 8.20. The van der Waals surface area contributed by atoms with Crippen molar-refractivity contribution in [2.24, 2.45) is 0 Å². The van der Waals surface area contributed by atoms with E-state index in [0.717, 1.165) is 0 Å². The maximum atomic E-state index is 12.9. The molecule has 0 radical (unpaired) electrons. The monoisotopic (exact) mass is 350 g/mol. The highest BCUT2D eigenvalue weighted by atomic mass is 79.9. The van der Waals surface area contributed by atoms with E-state index in [0.29, 0.717) is 16.6 Å². The Bertz CT molecular complexity index is 606. The van der Waals surface area contributed by atoms with Gasteiger partial charge in [0.25, 0.3) is 0 Å². The van der Waals surface area contributed by atoms with Gasteiger partial charge in [0.05, 0.1) is 17.2 Å². The maximum absolute atomic E-state index is 12.9. The SMILES string of the molecule is O=C(Nc1ccc(F)cc1Br)NC1CCS(=O)(=O)C1. The second kappa shape index (κ2) is 5.46. The lowest BCUT2D eigenvalue weighted by atomic mass is 10.3. The van der Waals surface area contributed by atoms with Gasteiger partial charge in [-0.25, -0.2) is 17.6 Å². The van der Waals surface area contributed by atoms with Gasteiger partial charge in [-0.1, -0.05) is 0 Å². The van der Waals surface area contributed by atoms with E-state index in [1.807, 2.05) is 0 Å². The van der Waals surface area contributed by atoms with Crippen LogP contribution < -0.4 is 10.6 Å². The van der Waals surface area contributed by atoms with Crippen molar-refractivity contribution in [1.82, 2.24) is 5.32 Å². The van der Waals surface area contributed by atoms with Crippen LogP contribution in [0, 0.1) is 5.82 Å². The van der Waals surface area contributed by atoms with E-state index < -0.39 is 21.7 Å². The van der Waals surface area contributed by atoms with Crippen LogP contribution >= 0.6 is 15.9 Å². The molecule has 19 heavy (non-hydrogen) atoms. The van der Waals surface area contributed by atoms with Gasteiger partial charge in [0.15, 0.2) is 9.84 Å². The molecule has 8 heteroatoms. The Kier molecular flexibility index (Phi) is 4.10. The van der Waals surface area contributed by atoms with Crippen LogP contribution in [0.1, 0.15) is 6.42 Å². The first-order valence-electron chi connectivity index (χ1n) is 5.59. The molecule has 1 aromatic carbocycles. The van der Waals surface area contributed by atoms with Crippen LogP contribution in [-0.2, 0) is 9.84 Å². The third-order valence-corrected chi connectivity index (χ3v) is 5.17. The number of halogens is 2. The number of carbonyl (C=O) groups excluding carboxylic acids is 1. The zero-order chi connectivity index (χ0) is 14.0. The highest BCUT2D eigenvalue weighted by molar-refractivity contribution is 9.10. The molecule has 1 aromatic rings. The fraction of sp³-hybridized carbons (Fsp3) is 0.364. The number of urea groups is 1. The molecule has 1 aliphatic rings. The summed E-state index contributed by atoms with van der Waals surface area (Å²) in [6.07, 6.45) is 0.417. The minimum absolute atomic E-state index is 0.0367. The molecule has 0 spiro atoms. The second-order valence-corrected chi connectivity index (χ2v) is 7.41. The lowest BCUT2D eigenvalue weighted by molar-refractivity contribution is 0.249. The number of hydrogen-bond acceptors (Lipinski definition) is 3. The molecule has 0 aromatic heterocycles. The van der Waals surface area contributed by atoms with Gasteiger partial charge < -0.3 is 10.6 Å². The number of benzene rings is 1. The van der Waals surface area contributed by atoms with Gasteiger partial charge in [-0.3, -0.25) is 0 Å². The Morgan fingerprint density at radius 3 is 2.74 bits per heavy atom. The van der Waals surface area contributed by atoms with Gasteiger partial charge in [0.2, 0.25) is 0 Å². The summed E-state index contributed by atoms with van der Waals surface area (Å²) in [6, 6.07) is 3.00. The van der Waals surface area contributed by atoms with Crippen molar-refractivity contribution in [3.05, 3.63) is 28.5 Å². The van der Waals surface area contributed by atoms with Crippen molar-refractivity contribution in [3.63, 3.8) is 0 Å². The van der Waals surface area contributed by atoms with Gasteiger partial charge in [0.1, 0.15) is 5.82 Å². The minimum atomic E-state index is -3.03. The summed E-state index contributed by atoms with van der Waals surface area (Å²) in [5.41, 5.74) is 0.416. The lowest BCUT2D eigenvalue weighted by Crippen LogP contribution is -2.38. The smallest absolute Gasteiger partial charge is 0.319 e. The molecule has 0 saturated carbocycles. The van der Waals surface area contributed by atoms with Crippen molar-refractivity contribution in [2.45, 2.75) is 12.5 Å². The predicted molar refractivity (Wildman–Crippen MR) is 73.3 cm³/mol. The number of anilines is 1. The van der Waals surface area contributed by atoms with E-state index in [4.69, 9.17) is 0 Å². The summed E-state index contributed by atoms with van der Waals surface area (Å²) in [4.78, 5) is 11.7. The average Bonchev–Trinajstić information content (AvgIpc) is 2.62. The highest BCUT2D eigenvalue weighted by Gasteiger charge is 2.28. The fourth-order valence-electron chi connectivity index (χ4n) is 1.84. The molecular weight excluding hydrogens is 339 g/mol. The maximum Gasteiger partial charge on any atom is 0.319 e. The van der Waals surface area contributed by atoms with Gasteiger partial charge in [0, 0.05) is 10.5 Å². The number of amides is 2. The summed E-state index contributed by atoms with van der Waals surface area (Å²) in [5.74, 6) is -0.358. The number of hydrogen-bond donors (Lipinski definition) is 2. The normalized spacial score (nSPS) is 21.1. The Morgan fingerprint density at radius 1 is 1.42 bits per heavy atom. The first-order chi connectivity index (χ1) is 8.85. The number of rotatable bonds is 2. The quantitative estimate of drug-likeness (QED) is 0.855. The summed E-state index contributed by atoms with van der Waals surface area (Å²) in [7, 11) is -3.03. The standard InChI is InChI=1S/C11H12BrFN2O3S/c12-9-5-7(13)1-2-10(9)15-11(16)14-8-3-4-19(17,18)6-8/h1-2,5,8H,3-4,6H2,(H2,14,15,16). The molecule has 2 N–H and O–H groups in total. The molecule has 1 unspecified atom stereocenters. The molecule has 1 heterocycles. The fourth-order valence-corrected chi connectivity index (χ4v) is 3.97. The average molecular weight is 351 g/mol. The molecule has 104 valence electrons.